The van der Waals surface area contributed by atoms with Crippen LogP contribution >= 0.6 is 0 Å². The lowest BCUT2D eigenvalue weighted by Crippen LogP contribution is -2.40. The molecular formula is C12H23F3N2. The maximum atomic E-state index is 12.1. The molecule has 0 saturated heterocycles. The van der Waals surface area contributed by atoms with Gasteiger partial charge in [0.25, 0.3) is 0 Å². The highest BCUT2D eigenvalue weighted by atomic mass is 19.4. The van der Waals surface area contributed by atoms with Crippen LogP contribution < -0.4 is 11.1 Å². The van der Waals surface area contributed by atoms with Crippen LogP contribution in [0.5, 0.6) is 0 Å². The van der Waals surface area contributed by atoms with Gasteiger partial charge in [0.1, 0.15) is 0 Å². The molecule has 0 aromatic carbocycles. The van der Waals surface area contributed by atoms with Gasteiger partial charge in [-0.1, -0.05) is 19.3 Å². The standard InChI is InChI=1S/C12H23F3N2/c1-9(7-12(13,14)15)17-8-10-5-3-2-4-6-11(10)16/h9-11,17H,2-8,16H2,1H3. The van der Waals surface area contributed by atoms with Crippen molar-refractivity contribution < 1.29 is 13.2 Å². The lowest BCUT2D eigenvalue weighted by Gasteiger charge is -2.24. The van der Waals surface area contributed by atoms with Gasteiger partial charge in [0, 0.05) is 12.1 Å². The van der Waals surface area contributed by atoms with Crippen LogP contribution in [-0.4, -0.2) is 24.8 Å². The molecule has 3 unspecified atom stereocenters. The van der Waals surface area contributed by atoms with Crippen LogP contribution in [0.1, 0.15) is 45.4 Å². The summed E-state index contributed by atoms with van der Waals surface area (Å²) in [6.07, 6.45) is 0.672. The van der Waals surface area contributed by atoms with Gasteiger partial charge in [-0.3, -0.25) is 0 Å². The summed E-state index contributed by atoms with van der Waals surface area (Å²) in [6.45, 7) is 2.19. The maximum absolute atomic E-state index is 12.1. The van der Waals surface area contributed by atoms with E-state index in [9.17, 15) is 13.2 Å². The van der Waals surface area contributed by atoms with Crippen molar-refractivity contribution in [1.29, 1.82) is 0 Å². The Morgan fingerprint density at radius 2 is 1.88 bits per heavy atom. The Bertz CT molecular complexity index is 218. The molecule has 1 fully saturated rings. The Balaban J connectivity index is 2.28. The van der Waals surface area contributed by atoms with Crippen molar-refractivity contribution in [2.75, 3.05) is 6.54 Å². The largest absolute Gasteiger partial charge is 0.390 e. The van der Waals surface area contributed by atoms with Crippen LogP contribution in [0.25, 0.3) is 0 Å². The predicted molar refractivity (Wildman–Crippen MR) is 62.7 cm³/mol. The molecular weight excluding hydrogens is 229 g/mol. The fraction of sp³-hybridized carbons (Fsp3) is 1.00. The molecule has 17 heavy (non-hydrogen) atoms. The number of alkyl halides is 3. The van der Waals surface area contributed by atoms with Gasteiger partial charge in [0.05, 0.1) is 6.42 Å². The van der Waals surface area contributed by atoms with Gasteiger partial charge in [-0.25, -0.2) is 0 Å². The molecule has 0 radical (unpaired) electrons. The Morgan fingerprint density at radius 1 is 1.24 bits per heavy atom. The van der Waals surface area contributed by atoms with E-state index < -0.39 is 18.6 Å². The number of hydrogen-bond donors (Lipinski definition) is 2. The molecule has 0 spiro atoms. The molecule has 1 aliphatic rings. The molecule has 1 rings (SSSR count). The van der Waals surface area contributed by atoms with E-state index in [4.69, 9.17) is 5.73 Å². The molecule has 2 nitrogen and oxygen atoms in total. The maximum Gasteiger partial charge on any atom is 0.390 e. The number of rotatable bonds is 4. The molecule has 0 aromatic heterocycles. The fourth-order valence-corrected chi connectivity index (χ4v) is 2.44. The van der Waals surface area contributed by atoms with Crippen molar-refractivity contribution in [3.63, 3.8) is 0 Å². The van der Waals surface area contributed by atoms with Crippen LogP contribution in [0, 0.1) is 5.92 Å². The minimum absolute atomic E-state index is 0.142. The zero-order valence-corrected chi connectivity index (χ0v) is 10.4. The third-order valence-corrected chi connectivity index (χ3v) is 3.48. The lowest BCUT2D eigenvalue weighted by atomic mass is 9.95. The highest BCUT2D eigenvalue weighted by Gasteiger charge is 2.30. The molecule has 5 heteroatoms. The summed E-state index contributed by atoms with van der Waals surface area (Å²) in [5, 5.41) is 2.97. The summed E-state index contributed by atoms with van der Waals surface area (Å²) < 4.78 is 36.4. The Hall–Kier alpha value is -0.290. The predicted octanol–water partition coefficient (Wildman–Crippen LogP) is 2.82. The fourth-order valence-electron chi connectivity index (χ4n) is 2.44. The molecule has 1 aliphatic carbocycles. The van der Waals surface area contributed by atoms with E-state index in [-0.39, 0.29) is 6.04 Å². The first kappa shape index (κ1) is 14.8. The Labute approximate surface area is 101 Å². The third-order valence-electron chi connectivity index (χ3n) is 3.48. The van der Waals surface area contributed by atoms with Gasteiger partial charge in [-0.2, -0.15) is 13.2 Å². The normalized spacial score (nSPS) is 28.8. The zero-order valence-electron chi connectivity index (χ0n) is 10.4. The molecule has 0 bridgehead atoms. The summed E-state index contributed by atoms with van der Waals surface area (Å²) in [5.74, 6) is 0.327. The first-order chi connectivity index (χ1) is 7.88. The van der Waals surface area contributed by atoms with Crippen molar-refractivity contribution in [2.45, 2.75) is 63.7 Å². The monoisotopic (exact) mass is 252 g/mol. The second-order valence-electron chi connectivity index (χ2n) is 5.19. The minimum Gasteiger partial charge on any atom is -0.327 e. The second-order valence-corrected chi connectivity index (χ2v) is 5.19. The van der Waals surface area contributed by atoms with Gasteiger partial charge in [0.15, 0.2) is 0 Å². The van der Waals surface area contributed by atoms with E-state index in [0.29, 0.717) is 12.5 Å². The zero-order chi connectivity index (χ0) is 12.9. The quantitative estimate of drug-likeness (QED) is 0.755. The Morgan fingerprint density at radius 3 is 2.53 bits per heavy atom. The summed E-state index contributed by atoms with van der Waals surface area (Å²) in [4.78, 5) is 0. The summed E-state index contributed by atoms with van der Waals surface area (Å²) in [7, 11) is 0. The van der Waals surface area contributed by atoms with Crippen molar-refractivity contribution in [3.05, 3.63) is 0 Å². The first-order valence-corrected chi connectivity index (χ1v) is 6.44. The van der Waals surface area contributed by atoms with Crippen LogP contribution in [0.2, 0.25) is 0 Å². The highest BCUT2D eigenvalue weighted by molar-refractivity contribution is 4.79. The van der Waals surface area contributed by atoms with Gasteiger partial charge in [0.2, 0.25) is 0 Å². The number of hydrogen-bond acceptors (Lipinski definition) is 2. The summed E-state index contributed by atoms with van der Waals surface area (Å²) >= 11 is 0. The topological polar surface area (TPSA) is 38.0 Å². The molecule has 3 N–H and O–H groups in total. The lowest BCUT2D eigenvalue weighted by molar-refractivity contribution is -0.139. The number of halogens is 3. The van der Waals surface area contributed by atoms with Crippen LogP contribution in [0.4, 0.5) is 13.2 Å². The van der Waals surface area contributed by atoms with E-state index in [1.807, 2.05) is 0 Å². The SMILES string of the molecule is CC(CC(F)(F)F)NCC1CCCCCC1N. The van der Waals surface area contributed by atoms with Gasteiger partial charge in [-0.05, 0) is 32.2 Å². The van der Waals surface area contributed by atoms with E-state index in [1.54, 1.807) is 6.92 Å². The van der Waals surface area contributed by atoms with Gasteiger partial charge in [-0.15, -0.1) is 0 Å². The van der Waals surface area contributed by atoms with Crippen LogP contribution in [0.15, 0.2) is 0 Å². The molecule has 0 aliphatic heterocycles. The molecule has 0 heterocycles. The van der Waals surface area contributed by atoms with E-state index in [0.717, 1.165) is 25.7 Å². The smallest absolute Gasteiger partial charge is 0.327 e. The van der Waals surface area contributed by atoms with Crippen molar-refractivity contribution >= 4 is 0 Å². The highest BCUT2D eigenvalue weighted by Crippen LogP contribution is 2.23. The van der Waals surface area contributed by atoms with E-state index in [1.165, 1.54) is 6.42 Å². The minimum atomic E-state index is -4.09. The third kappa shape index (κ3) is 6.27. The Kier molecular flexibility index (Phi) is 5.73. The van der Waals surface area contributed by atoms with E-state index >= 15 is 0 Å². The molecule has 1 saturated carbocycles. The average Bonchev–Trinajstić information content (AvgIpc) is 2.37. The molecule has 102 valence electrons. The van der Waals surface area contributed by atoms with Crippen molar-refractivity contribution in [3.8, 4) is 0 Å². The average molecular weight is 252 g/mol. The van der Waals surface area contributed by atoms with Gasteiger partial charge < -0.3 is 11.1 Å². The van der Waals surface area contributed by atoms with Gasteiger partial charge >= 0.3 is 6.18 Å². The van der Waals surface area contributed by atoms with Crippen molar-refractivity contribution in [2.24, 2.45) is 11.7 Å². The molecule has 3 atom stereocenters. The first-order valence-electron chi connectivity index (χ1n) is 6.44. The summed E-state index contributed by atoms with van der Waals surface area (Å²) in [6, 6.07) is -0.381. The second kappa shape index (κ2) is 6.59. The molecule has 0 amide bonds. The van der Waals surface area contributed by atoms with Crippen molar-refractivity contribution in [1.82, 2.24) is 5.32 Å². The summed E-state index contributed by atoms with van der Waals surface area (Å²) in [5.41, 5.74) is 6.03. The van der Waals surface area contributed by atoms with E-state index in [2.05, 4.69) is 5.32 Å². The van der Waals surface area contributed by atoms with Crippen LogP contribution in [0.3, 0.4) is 0 Å². The number of nitrogens with one attached hydrogen (secondary N) is 1. The molecule has 0 aromatic rings. The number of nitrogens with two attached hydrogens (primary N) is 1. The van der Waals surface area contributed by atoms with Crippen LogP contribution in [-0.2, 0) is 0 Å².